The van der Waals surface area contributed by atoms with Crippen molar-refractivity contribution in [1.82, 2.24) is 10.2 Å². The Morgan fingerprint density at radius 1 is 1.00 bits per heavy atom. The normalized spacial score (nSPS) is 36.7. The zero-order valence-electron chi connectivity index (χ0n) is 8.76. The molecule has 0 bridgehead atoms. The van der Waals surface area contributed by atoms with Crippen LogP contribution in [0.25, 0.3) is 0 Å². The van der Waals surface area contributed by atoms with E-state index in [1.807, 2.05) is 0 Å². The summed E-state index contributed by atoms with van der Waals surface area (Å²) >= 11 is 0. The summed E-state index contributed by atoms with van der Waals surface area (Å²) < 4.78 is 0. The molecular weight excluding hydrogens is 160 g/mol. The highest BCUT2D eigenvalue weighted by Crippen LogP contribution is 2.25. The van der Waals surface area contributed by atoms with Gasteiger partial charge in [0.1, 0.15) is 0 Å². The van der Waals surface area contributed by atoms with Gasteiger partial charge in [-0.3, -0.25) is 0 Å². The maximum atomic E-state index is 3.40. The van der Waals surface area contributed by atoms with Crippen molar-refractivity contribution in [3.8, 4) is 0 Å². The molecule has 13 heavy (non-hydrogen) atoms. The Bertz CT molecular complexity index is 144. The summed E-state index contributed by atoms with van der Waals surface area (Å²) in [6.45, 7) is 2.74. The van der Waals surface area contributed by atoms with Gasteiger partial charge in [-0.1, -0.05) is 0 Å². The van der Waals surface area contributed by atoms with Crippen LogP contribution in [0.15, 0.2) is 0 Å². The lowest BCUT2D eigenvalue weighted by atomic mass is 9.90. The molecule has 1 heterocycles. The van der Waals surface area contributed by atoms with Crippen molar-refractivity contribution in [2.75, 3.05) is 20.1 Å². The van der Waals surface area contributed by atoms with Crippen molar-refractivity contribution in [1.29, 1.82) is 0 Å². The molecule has 76 valence electrons. The highest BCUT2D eigenvalue weighted by molar-refractivity contribution is 4.83. The average Bonchev–Trinajstić information content (AvgIpc) is 2.71. The molecule has 1 saturated carbocycles. The van der Waals surface area contributed by atoms with E-state index in [2.05, 4.69) is 17.3 Å². The molecule has 0 radical (unpaired) electrons. The summed E-state index contributed by atoms with van der Waals surface area (Å²) in [7, 11) is 2.10. The highest BCUT2D eigenvalue weighted by Gasteiger charge is 2.26. The Hall–Kier alpha value is -0.0800. The molecule has 1 N–H and O–H groups in total. The van der Waals surface area contributed by atoms with E-state index >= 15 is 0 Å². The van der Waals surface area contributed by atoms with Gasteiger partial charge in [-0.05, 0) is 58.7 Å². The summed E-state index contributed by atoms with van der Waals surface area (Å²) in [5.74, 6) is 0. The van der Waals surface area contributed by atoms with Crippen molar-refractivity contribution in [3.05, 3.63) is 0 Å². The Labute approximate surface area is 81.7 Å². The van der Waals surface area contributed by atoms with E-state index in [-0.39, 0.29) is 0 Å². The smallest absolute Gasteiger partial charge is 0.00964 e. The Balaban J connectivity index is 1.77. The fourth-order valence-electron chi connectivity index (χ4n) is 2.84. The van der Waals surface area contributed by atoms with Gasteiger partial charge >= 0.3 is 0 Å². The van der Waals surface area contributed by atoms with Gasteiger partial charge in [0.05, 0.1) is 0 Å². The summed E-state index contributed by atoms with van der Waals surface area (Å²) in [5, 5.41) is 3.40. The maximum Gasteiger partial charge on any atom is 0.00964 e. The largest absolute Gasteiger partial charge is 0.317 e. The van der Waals surface area contributed by atoms with Crippen molar-refractivity contribution in [2.24, 2.45) is 0 Å². The van der Waals surface area contributed by atoms with Crippen molar-refractivity contribution >= 4 is 0 Å². The van der Waals surface area contributed by atoms with Gasteiger partial charge < -0.3 is 10.2 Å². The van der Waals surface area contributed by atoms with Gasteiger partial charge in [-0.2, -0.15) is 0 Å². The molecule has 0 aromatic heterocycles. The van der Waals surface area contributed by atoms with E-state index in [0.717, 1.165) is 12.1 Å². The molecule has 2 aliphatic rings. The lowest BCUT2D eigenvalue weighted by Gasteiger charge is -2.34. The van der Waals surface area contributed by atoms with Crippen LogP contribution in [0.3, 0.4) is 0 Å². The van der Waals surface area contributed by atoms with Crippen molar-refractivity contribution < 1.29 is 0 Å². The molecule has 1 aliphatic heterocycles. The number of nitrogens with one attached hydrogen (secondary N) is 1. The average molecular weight is 182 g/mol. The number of nitrogens with zero attached hydrogens (tertiary/aromatic N) is 1. The van der Waals surface area contributed by atoms with Crippen LogP contribution in [-0.2, 0) is 0 Å². The van der Waals surface area contributed by atoms with Gasteiger partial charge in [0.25, 0.3) is 0 Å². The molecule has 0 atom stereocenters. The standard InChI is InChI=1S/C11H22N2/c1-12-10-4-6-11(7-5-10)13-8-2-3-9-13/h10-12H,2-9H2,1H3/t10-,11-. The van der Waals surface area contributed by atoms with Crippen LogP contribution in [0, 0.1) is 0 Å². The SMILES string of the molecule is CN[C@H]1CC[C@H](N2CCCC2)CC1. The summed E-state index contributed by atoms with van der Waals surface area (Å²) in [6, 6.07) is 1.73. The van der Waals surface area contributed by atoms with Crippen LogP contribution in [0.2, 0.25) is 0 Å². The van der Waals surface area contributed by atoms with Gasteiger partial charge in [0.2, 0.25) is 0 Å². The third-order valence-electron chi connectivity index (χ3n) is 3.76. The Kier molecular flexibility index (Phi) is 3.23. The van der Waals surface area contributed by atoms with E-state index in [0.29, 0.717) is 0 Å². The number of hydrogen-bond acceptors (Lipinski definition) is 2. The molecule has 1 saturated heterocycles. The zero-order valence-corrected chi connectivity index (χ0v) is 8.76. The van der Waals surface area contributed by atoms with Gasteiger partial charge in [-0.15, -0.1) is 0 Å². The molecule has 0 spiro atoms. The van der Waals surface area contributed by atoms with Crippen LogP contribution in [0.5, 0.6) is 0 Å². The molecule has 1 aliphatic carbocycles. The molecule has 2 heteroatoms. The third-order valence-corrected chi connectivity index (χ3v) is 3.76. The molecule has 2 nitrogen and oxygen atoms in total. The van der Waals surface area contributed by atoms with Crippen molar-refractivity contribution in [2.45, 2.75) is 50.6 Å². The predicted octanol–water partition coefficient (Wildman–Crippen LogP) is 1.61. The van der Waals surface area contributed by atoms with E-state index in [9.17, 15) is 0 Å². The first-order valence-corrected chi connectivity index (χ1v) is 5.81. The first-order chi connectivity index (χ1) is 6.40. The molecule has 2 rings (SSSR count). The molecular formula is C11H22N2. The highest BCUT2D eigenvalue weighted by atomic mass is 15.2. The molecule has 0 unspecified atom stereocenters. The van der Waals surface area contributed by atoms with Gasteiger partial charge in [-0.25, -0.2) is 0 Å². The van der Waals surface area contributed by atoms with Gasteiger partial charge in [0, 0.05) is 12.1 Å². The minimum absolute atomic E-state index is 0.804. The second kappa shape index (κ2) is 4.43. The minimum atomic E-state index is 0.804. The predicted molar refractivity (Wildman–Crippen MR) is 55.9 cm³/mol. The minimum Gasteiger partial charge on any atom is -0.317 e. The van der Waals surface area contributed by atoms with E-state index in [1.54, 1.807) is 0 Å². The molecule has 0 aromatic rings. The summed E-state index contributed by atoms with van der Waals surface area (Å²) in [6.07, 6.45) is 8.49. The topological polar surface area (TPSA) is 15.3 Å². The van der Waals surface area contributed by atoms with Crippen LogP contribution in [-0.4, -0.2) is 37.1 Å². The Morgan fingerprint density at radius 2 is 1.62 bits per heavy atom. The first-order valence-electron chi connectivity index (χ1n) is 5.81. The fourth-order valence-corrected chi connectivity index (χ4v) is 2.84. The Morgan fingerprint density at radius 3 is 2.15 bits per heavy atom. The number of likely N-dealkylation sites (tertiary alicyclic amines) is 1. The van der Waals surface area contributed by atoms with Crippen LogP contribution in [0.4, 0.5) is 0 Å². The molecule has 0 amide bonds. The fraction of sp³-hybridized carbons (Fsp3) is 1.00. The first kappa shape index (κ1) is 9.47. The lowest BCUT2D eigenvalue weighted by Crippen LogP contribution is -2.40. The zero-order chi connectivity index (χ0) is 9.10. The number of hydrogen-bond donors (Lipinski definition) is 1. The van der Waals surface area contributed by atoms with Crippen LogP contribution < -0.4 is 5.32 Å². The molecule has 0 aromatic carbocycles. The quantitative estimate of drug-likeness (QED) is 0.698. The third kappa shape index (κ3) is 2.23. The maximum absolute atomic E-state index is 3.40. The second-order valence-electron chi connectivity index (χ2n) is 4.54. The van der Waals surface area contributed by atoms with E-state index in [4.69, 9.17) is 0 Å². The number of rotatable bonds is 2. The lowest BCUT2D eigenvalue weighted by molar-refractivity contribution is 0.176. The van der Waals surface area contributed by atoms with Crippen LogP contribution >= 0.6 is 0 Å². The van der Waals surface area contributed by atoms with Crippen molar-refractivity contribution in [3.63, 3.8) is 0 Å². The monoisotopic (exact) mass is 182 g/mol. The van der Waals surface area contributed by atoms with Gasteiger partial charge in [0.15, 0.2) is 0 Å². The summed E-state index contributed by atoms with van der Waals surface area (Å²) in [4.78, 5) is 2.71. The van der Waals surface area contributed by atoms with Crippen LogP contribution in [0.1, 0.15) is 38.5 Å². The molecule has 2 fully saturated rings. The summed E-state index contributed by atoms with van der Waals surface area (Å²) in [5.41, 5.74) is 0. The van der Waals surface area contributed by atoms with E-state index < -0.39 is 0 Å². The second-order valence-corrected chi connectivity index (χ2v) is 4.54. The van der Waals surface area contributed by atoms with E-state index in [1.165, 1.54) is 51.6 Å².